The molecule has 0 saturated heterocycles. The summed E-state index contributed by atoms with van der Waals surface area (Å²) in [5.74, 6) is 0.624. The van der Waals surface area contributed by atoms with Crippen LogP contribution in [0.1, 0.15) is 19.5 Å². The zero-order valence-corrected chi connectivity index (χ0v) is 12.2. The molecule has 0 aliphatic carbocycles. The van der Waals surface area contributed by atoms with Gasteiger partial charge in [-0.1, -0.05) is 19.1 Å². The van der Waals surface area contributed by atoms with E-state index in [1.54, 1.807) is 17.1 Å². The second kappa shape index (κ2) is 5.97. The minimum Gasteiger partial charge on any atom is -0.311 e. The molecule has 0 aliphatic heterocycles. The van der Waals surface area contributed by atoms with Gasteiger partial charge in [-0.05, 0) is 30.7 Å². The lowest BCUT2D eigenvalue weighted by Gasteiger charge is -2.04. The molecular weight excluding hydrogens is 264 g/mol. The Bertz CT molecular complexity index is 734. The highest BCUT2D eigenvalue weighted by Gasteiger charge is 2.05. The summed E-state index contributed by atoms with van der Waals surface area (Å²) in [7, 11) is 0. The second-order valence-electron chi connectivity index (χ2n) is 5.41. The molecule has 3 rings (SSSR count). The normalized spacial score (nSPS) is 11.4. The minimum atomic E-state index is 0.624. The quantitative estimate of drug-likeness (QED) is 0.774. The molecular formula is C15H18N6. The van der Waals surface area contributed by atoms with Crippen LogP contribution in [0.15, 0.2) is 36.8 Å². The van der Waals surface area contributed by atoms with Gasteiger partial charge in [-0.3, -0.25) is 9.97 Å². The van der Waals surface area contributed by atoms with E-state index >= 15 is 0 Å². The summed E-state index contributed by atoms with van der Waals surface area (Å²) >= 11 is 0. The first-order valence-electron chi connectivity index (χ1n) is 7.05. The van der Waals surface area contributed by atoms with Crippen molar-refractivity contribution in [2.75, 3.05) is 6.54 Å². The van der Waals surface area contributed by atoms with E-state index < -0.39 is 0 Å². The third-order valence-corrected chi connectivity index (χ3v) is 3.12. The molecule has 0 amide bonds. The number of benzene rings is 1. The van der Waals surface area contributed by atoms with E-state index in [-0.39, 0.29) is 0 Å². The van der Waals surface area contributed by atoms with Crippen LogP contribution in [0.4, 0.5) is 0 Å². The smallest absolute Gasteiger partial charge is 0.0969 e. The maximum Gasteiger partial charge on any atom is 0.0969 e. The van der Waals surface area contributed by atoms with Gasteiger partial charge in [0.15, 0.2) is 0 Å². The van der Waals surface area contributed by atoms with Crippen LogP contribution in [0.5, 0.6) is 0 Å². The SMILES string of the molecule is CC(C)CNCc1cn(-c2ccc3nccnc3c2)nn1. The molecule has 0 bridgehead atoms. The lowest BCUT2D eigenvalue weighted by molar-refractivity contribution is 0.548. The average Bonchev–Trinajstić information content (AvgIpc) is 2.95. The van der Waals surface area contributed by atoms with Crippen LogP contribution >= 0.6 is 0 Å². The Kier molecular flexibility index (Phi) is 3.87. The first-order chi connectivity index (χ1) is 10.2. The van der Waals surface area contributed by atoms with Gasteiger partial charge in [-0.15, -0.1) is 5.10 Å². The predicted octanol–water partition coefficient (Wildman–Crippen LogP) is 1.96. The number of rotatable bonds is 5. The summed E-state index contributed by atoms with van der Waals surface area (Å²) in [5, 5.41) is 11.7. The van der Waals surface area contributed by atoms with Crippen LogP contribution in [0.2, 0.25) is 0 Å². The zero-order valence-electron chi connectivity index (χ0n) is 12.2. The van der Waals surface area contributed by atoms with E-state index in [9.17, 15) is 0 Å². The van der Waals surface area contributed by atoms with E-state index in [2.05, 4.69) is 39.4 Å². The maximum absolute atomic E-state index is 4.31. The third kappa shape index (κ3) is 3.22. The minimum absolute atomic E-state index is 0.624. The molecule has 2 heterocycles. The molecule has 0 fully saturated rings. The molecule has 0 atom stereocenters. The maximum atomic E-state index is 4.31. The van der Waals surface area contributed by atoms with Crippen molar-refractivity contribution in [2.45, 2.75) is 20.4 Å². The van der Waals surface area contributed by atoms with Crippen molar-refractivity contribution >= 4 is 11.0 Å². The Morgan fingerprint density at radius 2 is 1.95 bits per heavy atom. The first kappa shape index (κ1) is 13.6. The van der Waals surface area contributed by atoms with Gasteiger partial charge in [0.1, 0.15) is 0 Å². The number of aromatic nitrogens is 5. The van der Waals surface area contributed by atoms with Crippen LogP contribution in [0.25, 0.3) is 16.7 Å². The van der Waals surface area contributed by atoms with Crippen LogP contribution in [0, 0.1) is 5.92 Å². The molecule has 0 spiro atoms. The van der Waals surface area contributed by atoms with E-state index in [1.807, 2.05) is 24.4 Å². The van der Waals surface area contributed by atoms with E-state index in [4.69, 9.17) is 0 Å². The molecule has 0 aliphatic rings. The molecule has 0 radical (unpaired) electrons. The number of fused-ring (bicyclic) bond motifs is 1. The van der Waals surface area contributed by atoms with Crippen molar-refractivity contribution < 1.29 is 0 Å². The molecule has 1 N–H and O–H groups in total. The Morgan fingerprint density at radius 1 is 1.14 bits per heavy atom. The summed E-state index contributed by atoms with van der Waals surface area (Å²) in [6, 6.07) is 5.87. The summed E-state index contributed by atoms with van der Waals surface area (Å²) in [6.07, 6.45) is 5.32. The largest absolute Gasteiger partial charge is 0.311 e. The predicted molar refractivity (Wildman–Crippen MR) is 81.0 cm³/mol. The molecule has 3 aromatic rings. The first-order valence-corrected chi connectivity index (χ1v) is 7.05. The van der Waals surface area contributed by atoms with E-state index in [0.29, 0.717) is 5.92 Å². The highest BCUT2D eigenvalue weighted by atomic mass is 15.4. The van der Waals surface area contributed by atoms with Crippen LogP contribution in [-0.4, -0.2) is 31.5 Å². The fourth-order valence-electron chi connectivity index (χ4n) is 2.09. The monoisotopic (exact) mass is 282 g/mol. The summed E-state index contributed by atoms with van der Waals surface area (Å²) in [4.78, 5) is 8.57. The molecule has 6 nitrogen and oxygen atoms in total. The number of hydrogen-bond donors (Lipinski definition) is 1. The number of nitrogens with one attached hydrogen (secondary N) is 1. The van der Waals surface area contributed by atoms with Crippen LogP contribution < -0.4 is 5.32 Å². The Morgan fingerprint density at radius 3 is 2.76 bits per heavy atom. The van der Waals surface area contributed by atoms with Gasteiger partial charge in [0.05, 0.1) is 28.6 Å². The van der Waals surface area contributed by atoms with Gasteiger partial charge in [0.2, 0.25) is 0 Å². The van der Waals surface area contributed by atoms with Crippen LogP contribution in [-0.2, 0) is 6.54 Å². The Balaban J connectivity index is 1.77. The van der Waals surface area contributed by atoms with Crippen LogP contribution in [0.3, 0.4) is 0 Å². The van der Waals surface area contributed by atoms with E-state index in [1.165, 1.54) is 0 Å². The third-order valence-electron chi connectivity index (χ3n) is 3.12. The van der Waals surface area contributed by atoms with Crippen molar-refractivity contribution in [3.05, 3.63) is 42.5 Å². The highest BCUT2D eigenvalue weighted by Crippen LogP contribution is 2.14. The van der Waals surface area contributed by atoms with Crippen molar-refractivity contribution in [1.29, 1.82) is 0 Å². The molecule has 21 heavy (non-hydrogen) atoms. The Labute approximate surface area is 123 Å². The van der Waals surface area contributed by atoms with E-state index in [0.717, 1.165) is 35.5 Å². The Hall–Kier alpha value is -2.34. The number of nitrogens with zero attached hydrogens (tertiary/aromatic N) is 5. The van der Waals surface area contributed by atoms with Gasteiger partial charge < -0.3 is 5.32 Å². The fourth-order valence-corrected chi connectivity index (χ4v) is 2.09. The molecule has 1 aromatic carbocycles. The van der Waals surface area contributed by atoms with Crippen molar-refractivity contribution in [1.82, 2.24) is 30.3 Å². The second-order valence-corrected chi connectivity index (χ2v) is 5.41. The average molecular weight is 282 g/mol. The van der Waals surface area contributed by atoms with Crippen molar-refractivity contribution in [3.8, 4) is 5.69 Å². The van der Waals surface area contributed by atoms with Crippen molar-refractivity contribution in [3.63, 3.8) is 0 Å². The molecule has 108 valence electrons. The summed E-state index contributed by atoms with van der Waals surface area (Å²) in [5.41, 5.74) is 3.59. The van der Waals surface area contributed by atoms with Gasteiger partial charge >= 0.3 is 0 Å². The molecule has 2 aromatic heterocycles. The van der Waals surface area contributed by atoms with Crippen molar-refractivity contribution in [2.24, 2.45) is 5.92 Å². The zero-order chi connectivity index (χ0) is 14.7. The molecule has 6 heteroatoms. The van der Waals surface area contributed by atoms with Gasteiger partial charge in [-0.2, -0.15) is 0 Å². The number of hydrogen-bond acceptors (Lipinski definition) is 5. The van der Waals surface area contributed by atoms with Gasteiger partial charge in [0, 0.05) is 18.9 Å². The van der Waals surface area contributed by atoms with Gasteiger partial charge in [-0.25, -0.2) is 4.68 Å². The lowest BCUT2D eigenvalue weighted by atomic mass is 10.2. The fraction of sp³-hybridized carbons (Fsp3) is 0.333. The lowest BCUT2D eigenvalue weighted by Crippen LogP contribution is -2.19. The molecule has 0 unspecified atom stereocenters. The summed E-state index contributed by atoms with van der Waals surface area (Å²) < 4.78 is 1.76. The summed E-state index contributed by atoms with van der Waals surface area (Å²) in [6.45, 7) is 6.06. The van der Waals surface area contributed by atoms with Gasteiger partial charge in [0.25, 0.3) is 0 Å². The molecule has 0 saturated carbocycles. The highest BCUT2D eigenvalue weighted by molar-refractivity contribution is 5.76. The standard InChI is InChI=1S/C15H18N6/c1-11(2)8-16-9-12-10-21(20-19-12)13-3-4-14-15(7-13)18-6-5-17-14/h3-7,10-11,16H,8-9H2,1-2H3. The topological polar surface area (TPSA) is 68.5 Å².